The lowest BCUT2D eigenvalue weighted by molar-refractivity contribution is -0.856. The van der Waals surface area contributed by atoms with Gasteiger partial charge < -0.3 is 9.80 Å². The van der Waals surface area contributed by atoms with Gasteiger partial charge in [0.1, 0.15) is 5.69 Å². The number of sulfonamides is 1. The zero-order valence-electron chi connectivity index (χ0n) is 15.7. The van der Waals surface area contributed by atoms with E-state index in [1.54, 1.807) is 11.9 Å². The molecule has 2 rings (SSSR count). The van der Waals surface area contributed by atoms with E-state index in [4.69, 9.17) is 0 Å². The summed E-state index contributed by atoms with van der Waals surface area (Å²) in [5.41, 5.74) is 1.12. The van der Waals surface area contributed by atoms with Crippen LogP contribution in [0.1, 0.15) is 5.56 Å². The summed E-state index contributed by atoms with van der Waals surface area (Å²) in [6.45, 7) is 1.34. The molecule has 2 aromatic rings. The van der Waals surface area contributed by atoms with Gasteiger partial charge in [0.15, 0.2) is 0 Å². The maximum absolute atomic E-state index is 12.4. The Morgan fingerprint density at radius 1 is 1.15 bits per heavy atom. The Bertz CT molecular complexity index is 885. The number of likely N-dealkylation sites (N-methyl/N-ethyl adjacent to an activating group) is 1. The Labute approximate surface area is 159 Å². The summed E-state index contributed by atoms with van der Waals surface area (Å²) < 4.78 is 27.3. The number of nitro groups is 1. The Hall–Kier alpha value is -2.49. The number of hydrogen-bond donors (Lipinski definition) is 2. The molecule has 9 heteroatoms. The maximum atomic E-state index is 12.4. The van der Waals surface area contributed by atoms with Crippen LogP contribution >= 0.6 is 0 Å². The topological polar surface area (TPSA) is 97.0 Å². The number of rotatable bonds is 9. The van der Waals surface area contributed by atoms with E-state index in [9.17, 15) is 18.5 Å². The highest BCUT2D eigenvalue weighted by Gasteiger charge is 2.23. The molecule has 0 bridgehead atoms. The van der Waals surface area contributed by atoms with E-state index in [2.05, 4.69) is 4.72 Å². The molecule has 0 unspecified atom stereocenters. The van der Waals surface area contributed by atoms with Crippen LogP contribution in [0.4, 0.5) is 11.4 Å². The van der Waals surface area contributed by atoms with Gasteiger partial charge in [-0.2, -0.15) is 0 Å². The average molecular weight is 393 g/mol. The van der Waals surface area contributed by atoms with Gasteiger partial charge in [0, 0.05) is 19.7 Å². The minimum Gasteiger partial charge on any atom is -0.365 e. The first-order valence-electron chi connectivity index (χ1n) is 8.53. The summed E-state index contributed by atoms with van der Waals surface area (Å²) in [5.74, 6) is 0. The first kappa shape index (κ1) is 20.8. The molecule has 27 heavy (non-hydrogen) atoms. The summed E-state index contributed by atoms with van der Waals surface area (Å²) in [6.07, 6.45) is 0. The largest absolute Gasteiger partial charge is 0.365 e. The fourth-order valence-corrected chi connectivity index (χ4v) is 3.65. The Balaban J connectivity index is 2.27. The van der Waals surface area contributed by atoms with Gasteiger partial charge in [0.2, 0.25) is 10.0 Å². The van der Waals surface area contributed by atoms with Crippen LogP contribution in [0.3, 0.4) is 0 Å². The minimum atomic E-state index is -3.80. The molecule has 0 heterocycles. The summed E-state index contributed by atoms with van der Waals surface area (Å²) in [7, 11) is 1.76. The third-order valence-electron chi connectivity index (χ3n) is 4.04. The smallest absolute Gasteiger partial charge is 0.293 e. The third-order valence-corrected chi connectivity index (χ3v) is 5.50. The van der Waals surface area contributed by atoms with E-state index in [0.717, 1.165) is 16.5 Å². The number of nitrogens with zero attached hydrogens (tertiary/aromatic N) is 2. The molecule has 0 atom stereocenters. The quantitative estimate of drug-likeness (QED) is 0.482. The number of nitrogens with one attached hydrogen (secondary N) is 2. The normalized spacial score (nSPS) is 11.6. The van der Waals surface area contributed by atoms with Gasteiger partial charge in [0.25, 0.3) is 5.69 Å². The standard InChI is InChI=1S/C18H24N4O4S/c1-20(2)12-11-19-27(25,26)16-9-10-17(18(13-16)22(23)24)21(3)14-15-7-5-4-6-8-15/h4-10,13,19H,11-12,14H2,1-3H3/p+1. The second-order valence-electron chi connectivity index (χ2n) is 6.60. The fourth-order valence-electron chi connectivity index (χ4n) is 2.60. The monoisotopic (exact) mass is 393 g/mol. The highest BCUT2D eigenvalue weighted by Crippen LogP contribution is 2.31. The third kappa shape index (κ3) is 5.75. The van der Waals surface area contributed by atoms with Crippen LogP contribution in [0, 0.1) is 10.1 Å². The van der Waals surface area contributed by atoms with Gasteiger partial charge >= 0.3 is 0 Å². The first-order valence-corrected chi connectivity index (χ1v) is 10.0. The van der Waals surface area contributed by atoms with Crippen LogP contribution in [0.2, 0.25) is 0 Å². The van der Waals surface area contributed by atoms with Crippen molar-refractivity contribution in [3.63, 3.8) is 0 Å². The summed E-state index contributed by atoms with van der Waals surface area (Å²) in [6, 6.07) is 13.5. The molecule has 146 valence electrons. The molecule has 0 spiro atoms. The molecule has 0 radical (unpaired) electrons. The van der Waals surface area contributed by atoms with E-state index in [1.165, 1.54) is 12.1 Å². The zero-order valence-corrected chi connectivity index (χ0v) is 16.5. The van der Waals surface area contributed by atoms with E-state index in [-0.39, 0.29) is 17.1 Å². The van der Waals surface area contributed by atoms with Crippen LogP contribution in [0.15, 0.2) is 53.4 Å². The SMILES string of the molecule is CN(Cc1ccccc1)c1ccc(S(=O)(=O)NCC[NH+](C)C)cc1[N+](=O)[O-]. The lowest BCUT2D eigenvalue weighted by atomic mass is 10.2. The number of quaternary nitrogens is 1. The van der Waals surface area contributed by atoms with Crippen molar-refractivity contribution in [3.8, 4) is 0 Å². The van der Waals surface area contributed by atoms with Crippen molar-refractivity contribution in [3.05, 3.63) is 64.2 Å². The molecule has 0 saturated heterocycles. The molecule has 0 aliphatic carbocycles. The molecular weight excluding hydrogens is 368 g/mol. The molecule has 0 aliphatic heterocycles. The van der Waals surface area contributed by atoms with Crippen molar-refractivity contribution in [2.24, 2.45) is 0 Å². The number of benzene rings is 2. The summed E-state index contributed by atoms with van der Waals surface area (Å²) in [4.78, 5) is 13.7. The van der Waals surface area contributed by atoms with Crippen molar-refractivity contribution in [2.45, 2.75) is 11.4 Å². The van der Waals surface area contributed by atoms with Crippen LogP contribution < -0.4 is 14.5 Å². The maximum Gasteiger partial charge on any atom is 0.293 e. The Morgan fingerprint density at radius 2 is 1.81 bits per heavy atom. The van der Waals surface area contributed by atoms with Crippen molar-refractivity contribution in [1.29, 1.82) is 0 Å². The second kappa shape index (κ2) is 8.94. The van der Waals surface area contributed by atoms with E-state index >= 15 is 0 Å². The highest BCUT2D eigenvalue weighted by molar-refractivity contribution is 7.89. The predicted molar refractivity (Wildman–Crippen MR) is 105 cm³/mol. The summed E-state index contributed by atoms with van der Waals surface area (Å²) >= 11 is 0. The minimum absolute atomic E-state index is 0.111. The molecule has 0 aliphatic rings. The predicted octanol–water partition coefficient (Wildman–Crippen LogP) is 0.654. The van der Waals surface area contributed by atoms with Crippen molar-refractivity contribution < 1.29 is 18.2 Å². The van der Waals surface area contributed by atoms with Crippen LogP contribution in [0.5, 0.6) is 0 Å². The van der Waals surface area contributed by atoms with Gasteiger partial charge in [-0.1, -0.05) is 30.3 Å². The van der Waals surface area contributed by atoms with E-state index in [0.29, 0.717) is 18.8 Å². The molecular formula is C18H25N4O4S+. The molecule has 2 N–H and O–H groups in total. The van der Waals surface area contributed by atoms with Crippen LogP contribution in [-0.4, -0.2) is 47.6 Å². The Morgan fingerprint density at radius 3 is 2.41 bits per heavy atom. The van der Waals surface area contributed by atoms with E-state index in [1.807, 2.05) is 44.4 Å². The van der Waals surface area contributed by atoms with Gasteiger partial charge in [0.05, 0.1) is 37.0 Å². The zero-order chi connectivity index (χ0) is 20.0. The van der Waals surface area contributed by atoms with Crippen LogP contribution in [0.25, 0.3) is 0 Å². The molecule has 8 nitrogen and oxygen atoms in total. The number of anilines is 1. The van der Waals surface area contributed by atoms with Gasteiger partial charge in [-0.25, -0.2) is 13.1 Å². The van der Waals surface area contributed by atoms with Crippen LogP contribution in [-0.2, 0) is 16.6 Å². The lowest BCUT2D eigenvalue weighted by Gasteiger charge is -2.20. The van der Waals surface area contributed by atoms with Gasteiger partial charge in [-0.3, -0.25) is 10.1 Å². The molecule has 0 fully saturated rings. The highest BCUT2D eigenvalue weighted by atomic mass is 32.2. The first-order chi connectivity index (χ1) is 12.7. The molecule has 0 amide bonds. The van der Waals surface area contributed by atoms with Crippen molar-refractivity contribution >= 4 is 21.4 Å². The molecule has 0 saturated carbocycles. The molecule has 0 aromatic heterocycles. The van der Waals surface area contributed by atoms with Gasteiger partial charge in [-0.15, -0.1) is 0 Å². The lowest BCUT2D eigenvalue weighted by Crippen LogP contribution is -3.06. The van der Waals surface area contributed by atoms with Crippen molar-refractivity contribution in [2.75, 3.05) is 39.1 Å². The Kier molecular flexibility index (Phi) is 6.89. The van der Waals surface area contributed by atoms with E-state index < -0.39 is 14.9 Å². The van der Waals surface area contributed by atoms with Gasteiger partial charge in [-0.05, 0) is 17.7 Å². The van der Waals surface area contributed by atoms with Crippen molar-refractivity contribution in [1.82, 2.24) is 4.72 Å². The average Bonchev–Trinajstić information content (AvgIpc) is 2.61. The fraction of sp³-hybridized carbons (Fsp3) is 0.333. The number of hydrogen-bond acceptors (Lipinski definition) is 5. The number of nitro benzene ring substituents is 1. The molecule has 2 aromatic carbocycles. The summed E-state index contributed by atoms with van der Waals surface area (Å²) in [5, 5.41) is 11.5. The second-order valence-corrected chi connectivity index (χ2v) is 8.37.